The number of carbonyl (C=O) groups excluding carboxylic acids is 2. The van der Waals surface area contributed by atoms with E-state index in [4.69, 9.17) is 0 Å². The van der Waals surface area contributed by atoms with Crippen LogP contribution < -0.4 is 10.6 Å². The van der Waals surface area contributed by atoms with Crippen LogP contribution in [-0.4, -0.2) is 24.4 Å². The highest BCUT2D eigenvalue weighted by molar-refractivity contribution is 5.96. The second kappa shape index (κ2) is 6.79. The second-order valence-corrected chi connectivity index (χ2v) is 4.43. The first kappa shape index (κ1) is 14.2. The maximum atomic E-state index is 11.8. The van der Waals surface area contributed by atoms with Gasteiger partial charge < -0.3 is 10.6 Å². The lowest BCUT2D eigenvalue weighted by molar-refractivity contribution is -0.120. The van der Waals surface area contributed by atoms with Crippen LogP contribution in [0.5, 0.6) is 0 Å². The monoisotopic (exact) mass is 248 g/mol. The van der Waals surface area contributed by atoms with Gasteiger partial charge in [-0.25, -0.2) is 0 Å². The minimum absolute atomic E-state index is 0.0110. The van der Waals surface area contributed by atoms with Gasteiger partial charge in [0.15, 0.2) is 0 Å². The highest BCUT2D eigenvalue weighted by Gasteiger charge is 2.09. The molecule has 4 heteroatoms. The average Bonchev–Trinajstić information content (AvgIpc) is 2.35. The highest BCUT2D eigenvalue weighted by Crippen LogP contribution is 2.03. The van der Waals surface area contributed by atoms with Gasteiger partial charge in [0, 0.05) is 11.6 Å². The first-order chi connectivity index (χ1) is 8.52. The van der Waals surface area contributed by atoms with Crippen molar-refractivity contribution < 1.29 is 9.59 Å². The van der Waals surface area contributed by atoms with Gasteiger partial charge in [0.1, 0.15) is 0 Å². The molecule has 0 fully saturated rings. The molecule has 0 aliphatic rings. The number of rotatable bonds is 5. The van der Waals surface area contributed by atoms with Crippen molar-refractivity contribution in [3.8, 4) is 0 Å². The molecule has 0 bridgehead atoms. The van der Waals surface area contributed by atoms with Crippen LogP contribution in [0.25, 0.3) is 0 Å². The molecule has 98 valence electrons. The molecule has 0 radical (unpaired) electrons. The normalized spacial score (nSPS) is 11.7. The molecule has 0 spiro atoms. The molecule has 0 saturated carbocycles. The van der Waals surface area contributed by atoms with E-state index in [2.05, 4.69) is 10.6 Å². The minimum atomic E-state index is -0.224. The summed E-state index contributed by atoms with van der Waals surface area (Å²) in [6.45, 7) is 5.86. The molecule has 1 rings (SSSR count). The fraction of sp³-hybridized carbons (Fsp3) is 0.429. The molecule has 0 heterocycles. The predicted molar refractivity (Wildman–Crippen MR) is 71.4 cm³/mol. The van der Waals surface area contributed by atoms with E-state index in [-0.39, 0.29) is 24.4 Å². The molecule has 0 unspecified atom stereocenters. The zero-order valence-corrected chi connectivity index (χ0v) is 11.1. The van der Waals surface area contributed by atoms with Crippen LogP contribution in [0.2, 0.25) is 0 Å². The molecule has 0 aliphatic heterocycles. The summed E-state index contributed by atoms with van der Waals surface area (Å²) >= 11 is 0. The number of hydrogen-bond acceptors (Lipinski definition) is 2. The third-order valence-electron chi connectivity index (χ3n) is 2.71. The molecule has 1 aromatic rings. The lowest BCUT2D eigenvalue weighted by Crippen LogP contribution is -2.40. The zero-order valence-electron chi connectivity index (χ0n) is 11.1. The van der Waals surface area contributed by atoms with Crippen LogP contribution in [0.1, 0.15) is 36.2 Å². The molecule has 2 N–H and O–H groups in total. The Kier molecular flexibility index (Phi) is 5.36. The number of benzene rings is 1. The molecular formula is C14H20N2O2. The second-order valence-electron chi connectivity index (χ2n) is 4.43. The van der Waals surface area contributed by atoms with Crippen LogP contribution in [0.3, 0.4) is 0 Å². The Morgan fingerprint density at radius 1 is 1.33 bits per heavy atom. The molecule has 0 aliphatic carbocycles. The number of nitrogens with one attached hydrogen (secondary N) is 2. The highest BCUT2D eigenvalue weighted by atomic mass is 16.2. The van der Waals surface area contributed by atoms with Crippen molar-refractivity contribution in [2.75, 3.05) is 6.54 Å². The number of carbonyl (C=O) groups is 2. The molecule has 0 aromatic heterocycles. The Bertz CT molecular complexity index is 430. The Balaban J connectivity index is 2.44. The van der Waals surface area contributed by atoms with Crippen molar-refractivity contribution in [2.45, 2.75) is 33.2 Å². The van der Waals surface area contributed by atoms with Crippen LogP contribution in [0, 0.1) is 6.92 Å². The third kappa shape index (κ3) is 4.57. The van der Waals surface area contributed by atoms with E-state index in [9.17, 15) is 9.59 Å². The topological polar surface area (TPSA) is 58.2 Å². The van der Waals surface area contributed by atoms with E-state index < -0.39 is 0 Å². The van der Waals surface area contributed by atoms with Crippen molar-refractivity contribution in [1.29, 1.82) is 0 Å². The summed E-state index contributed by atoms with van der Waals surface area (Å²) in [6, 6.07) is 7.40. The van der Waals surface area contributed by atoms with Gasteiger partial charge in [0.25, 0.3) is 5.91 Å². The van der Waals surface area contributed by atoms with Gasteiger partial charge in [-0.05, 0) is 32.4 Å². The van der Waals surface area contributed by atoms with Gasteiger partial charge in [-0.3, -0.25) is 9.59 Å². The van der Waals surface area contributed by atoms with Crippen LogP contribution in [-0.2, 0) is 4.79 Å². The van der Waals surface area contributed by atoms with Crippen LogP contribution in [0.4, 0.5) is 0 Å². The van der Waals surface area contributed by atoms with Crippen molar-refractivity contribution in [1.82, 2.24) is 10.6 Å². The van der Waals surface area contributed by atoms with Gasteiger partial charge in [-0.2, -0.15) is 0 Å². The summed E-state index contributed by atoms with van der Waals surface area (Å²) in [4.78, 5) is 23.3. The van der Waals surface area contributed by atoms with Gasteiger partial charge in [-0.15, -0.1) is 0 Å². The minimum Gasteiger partial charge on any atom is -0.352 e. The lowest BCUT2D eigenvalue weighted by Gasteiger charge is -2.11. The Hall–Kier alpha value is -1.84. The maximum absolute atomic E-state index is 11.8. The van der Waals surface area contributed by atoms with Crippen molar-refractivity contribution in [3.05, 3.63) is 35.4 Å². The Morgan fingerprint density at radius 3 is 2.67 bits per heavy atom. The van der Waals surface area contributed by atoms with E-state index >= 15 is 0 Å². The average molecular weight is 248 g/mol. The van der Waals surface area contributed by atoms with Gasteiger partial charge >= 0.3 is 0 Å². The maximum Gasteiger partial charge on any atom is 0.251 e. The molecule has 18 heavy (non-hydrogen) atoms. The van der Waals surface area contributed by atoms with Crippen molar-refractivity contribution in [2.24, 2.45) is 0 Å². The van der Waals surface area contributed by atoms with Gasteiger partial charge in [0.2, 0.25) is 5.91 Å². The number of amides is 2. The molecule has 4 nitrogen and oxygen atoms in total. The zero-order chi connectivity index (χ0) is 13.5. The molecular weight excluding hydrogens is 228 g/mol. The number of aryl methyl sites for hydroxylation is 1. The van der Waals surface area contributed by atoms with E-state index in [0.717, 1.165) is 12.0 Å². The Morgan fingerprint density at radius 2 is 2.06 bits per heavy atom. The summed E-state index contributed by atoms with van der Waals surface area (Å²) in [5.41, 5.74) is 1.60. The first-order valence-electron chi connectivity index (χ1n) is 6.17. The largest absolute Gasteiger partial charge is 0.352 e. The summed E-state index contributed by atoms with van der Waals surface area (Å²) in [7, 11) is 0. The van der Waals surface area contributed by atoms with E-state index in [0.29, 0.717) is 5.56 Å². The smallest absolute Gasteiger partial charge is 0.251 e. The standard InChI is InChI=1S/C14H20N2O2/c1-4-11(3)16-13(17)9-15-14(18)12-7-5-6-10(2)8-12/h5-8,11H,4,9H2,1-3H3,(H,15,18)(H,16,17)/t11-/m0/s1. The van der Waals surface area contributed by atoms with E-state index in [1.54, 1.807) is 12.1 Å². The van der Waals surface area contributed by atoms with E-state index in [1.165, 1.54) is 0 Å². The van der Waals surface area contributed by atoms with Crippen LogP contribution in [0.15, 0.2) is 24.3 Å². The molecule has 1 atom stereocenters. The molecule has 2 amide bonds. The molecule has 0 saturated heterocycles. The quantitative estimate of drug-likeness (QED) is 0.832. The fourth-order valence-electron chi connectivity index (χ4n) is 1.48. The summed E-state index contributed by atoms with van der Waals surface area (Å²) in [6.07, 6.45) is 0.873. The third-order valence-corrected chi connectivity index (χ3v) is 2.71. The first-order valence-corrected chi connectivity index (χ1v) is 6.17. The van der Waals surface area contributed by atoms with Crippen molar-refractivity contribution >= 4 is 11.8 Å². The molecule has 1 aromatic carbocycles. The summed E-state index contributed by atoms with van der Waals surface area (Å²) in [5, 5.41) is 5.40. The predicted octanol–water partition coefficient (Wildman–Crippen LogP) is 1.64. The number of hydrogen-bond donors (Lipinski definition) is 2. The lowest BCUT2D eigenvalue weighted by atomic mass is 10.1. The Labute approximate surface area is 108 Å². The van der Waals surface area contributed by atoms with Gasteiger partial charge in [-0.1, -0.05) is 24.6 Å². The SMILES string of the molecule is CC[C@H](C)NC(=O)CNC(=O)c1cccc(C)c1. The summed E-state index contributed by atoms with van der Waals surface area (Å²) in [5.74, 6) is -0.386. The van der Waals surface area contributed by atoms with Gasteiger partial charge in [0.05, 0.1) is 6.54 Å². The van der Waals surface area contributed by atoms with Crippen LogP contribution >= 0.6 is 0 Å². The fourth-order valence-corrected chi connectivity index (χ4v) is 1.48. The van der Waals surface area contributed by atoms with Crippen molar-refractivity contribution in [3.63, 3.8) is 0 Å². The van der Waals surface area contributed by atoms with E-state index in [1.807, 2.05) is 32.9 Å². The summed E-state index contributed by atoms with van der Waals surface area (Å²) < 4.78 is 0.